The quantitative estimate of drug-likeness (QED) is 0.715. The molecule has 6 heteroatoms. The van der Waals surface area contributed by atoms with Crippen molar-refractivity contribution in [3.05, 3.63) is 47.3 Å². The number of nitrogens with zero attached hydrogens (tertiary/aromatic N) is 3. The molecule has 0 bridgehead atoms. The molecule has 1 aromatic carbocycles. The van der Waals surface area contributed by atoms with Gasteiger partial charge in [0.2, 0.25) is 0 Å². The van der Waals surface area contributed by atoms with E-state index in [0.717, 1.165) is 24.4 Å². The van der Waals surface area contributed by atoms with Crippen molar-refractivity contribution in [3.8, 4) is 5.75 Å². The van der Waals surface area contributed by atoms with E-state index in [1.165, 1.54) is 0 Å². The minimum absolute atomic E-state index is 0.0149. The molecule has 1 unspecified atom stereocenters. The van der Waals surface area contributed by atoms with E-state index in [1.807, 2.05) is 47.7 Å². The van der Waals surface area contributed by atoms with Crippen molar-refractivity contribution in [3.63, 3.8) is 0 Å². The topological polar surface area (TPSA) is 56.6 Å². The number of hydrogen-bond donors (Lipinski definition) is 0. The molecule has 0 aliphatic carbocycles. The Bertz CT molecular complexity index is 757. The van der Waals surface area contributed by atoms with Gasteiger partial charge < -0.3 is 14.4 Å². The number of benzene rings is 1. The standard InChI is InChI=1S/C20H27N3O3/c1-4-25-11-12-26-19-8-6-5-7-18(19)20(24)22-10-9-17(14-22)23-16(3)13-15(2)21-23/h5-8,13,17H,4,9-12,14H2,1-3H3. The highest BCUT2D eigenvalue weighted by Gasteiger charge is 2.30. The second-order valence-corrected chi connectivity index (χ2v) is 6.61. The summed E-state index contributed by atoms with van der Waals surface area (Å²) in [6.07, 6.45) is 0.918. The van der Waals surface area contributed by atoms with Gasteiger partial charge in [-0.05, 0) is 45.4 Å². The van der Waals surface area contributed by atoms with Crippen molar-refractivity contribution in [2.75, 3.05) is 32.9 Å². The summed E-state index contributed by atoms with van der Waals surface area (Å²) in [6, 6.07) is 9.74. The molecule has 26 heavy (non-hydrogen) atoms. The van der Waals surface area contributed by atoms with Crippen LogP contribution in [0.4, 0.5) is 0 Å². The summed E-state index contributed by atoms with van der Waals surface area (Å²) in [5.41, 5.74) is 2.76. The number of aryl methyl sites for hydroxylation is 2. The molecule has 1 amide bonds. The molecular formula is C20H27N3O3. The van der Waals surface area contributed by atoms with Gasteiger partial charge >= 0.3 is 0 Å². The normalized spacial score (nSPS) is 16.9. The second-order valence-electron chi connectivity index (χ2n) is 6.61. The first-order chi connectivity index (χ1) is 12.6. The van der Waals surface area contributed by atoms with E-state index in [4.69, 9.17) is 9.47 Å². The van der Waals surface area contributed by atoms with E-state index in [2.05, 4.69) is 18.1 Å². The van der Waals surface area contributed by atoms with Gasteiger partial charge in [-0.15, -0.1) is 0 Å². The third kappa shape index (κ3) is 4.07. The molecule has 0 spiro atoms. The summed E-state index contributed by atoms with van der Waals surface area (Å²) in [6.45, 7) is 9.02. The lowest BCUT2D eigenvalue weighted by molar-refractivity contribution is 0.0776. The largest absolute Gasteiger partial charge is 0.490 e. The Morgan fingerprint density at radius 3 is 2.81 bits per heavy atom. The molecule has 1 aliphatic heterocycles. The first-order valence-electron chi connectivity index (χ1n) is 9.21. The van der Waals surface area contributed by atoms with Crippen LogP contribution in [0.15, 0.2) is 30.3 Å². The lowest BCUT2D eigenvalue weighted by atomic mass is 10.2. The van der Waals surface area contributed by atoms with Gasteiger partial charge in [-0.1, -0.05) is 12.1 Å². The fourth-order valence-electron chi connectivity index (χ4n) is 3.44. The number of ether oxygens (including phenoxy) is 2. The van der Waals surface area contributed by atoms with Crippen LogP contribution in [0.1, 0.15) is 41.1 Å². The van der Waals surface area contributed by atoms with E-state index in [0.29, 0.717) is 37.7 Å². The maximum atomic E-state index is 13.0. The highest BCUT2D eigenvalue weighted by atomic mass is 16.5. The number of amides is 1. The maximum Gasteiger partial charge on any atom is 0.257 e. The number of para-hydroxylation sites is 1. The molecule has 140 valence electrons. The van der Waals surface area contributed by atoms with E-state index in [9.17, 15) is 4.79 Å². The minimum Gasteiger partial charge on any atom is -0.490 e. The van der Waals surface area contributed by atoms with Crippen LogP contribution in [0, 0.1) is 13.8 Å². The molecule has 1 aromatic heterocycles. The monoisotopic (exact) mass is 357 g/mol. The molecule has 0 N–H and O–H groups in total. The van der Waals surface area contributed by atoms with Gasteiger partial charge in [0.25, 0.3) is 5.91 Å². The predicted octanol–water partition coefficient (Wildman–Crippen LogP) is 3.00. The van der Waals surface area contributed by atoms with Crippen molar-refractivity contribution < 1.29 is 14.3 Å². The minimum atomic E-state index is 0.0149. The Labute approximate surface area is 154 Å². The third-order valence-electron chi connectivity index (χ3n) is 4.65. The molecule has 2 aromatic rings. The Morgan fingerprint density at radius 2 is 2.08 bits per heavy atom. The average molecular weight is 357 g/mol. The van der Waals surface area contributed by atoms with Crippen LogP contribution >= 0.6 is 0 Å². The van der Waals surface area contributed by atoms with Crippen molar-refractivity contribution >= 4 is 5.91 Å². The van der Waals surface area contributed by atoms with Crippen molar-refractivity contribution in [1.29, 1.82) is 0 Å². The molecule has 1 atom stereocenters. The van der Waals surface area contributed by atoms with Crippen LogP contribution in [0.2, 0.25) is 0 Å². The Morgan fingerprint density at radius 1 is 1.27 bits per heavy atom. The van der Waals surface area contributed by atoms with Gasteiger partial charge in [-0.3, -0.25) is 9.48 Å². The van der Waals surface area contributed by atoms with Gasteiger partial charge in [-0.2, -0.15) is 5.10 Å². The zero-order valence-corrected chi connectivity index (χ0v) is 15.8. The highest BCUT2D eigenvalue weighted by Crippen LogP contribution is 2.27. The van der Waals surface area contributed by atoms with Gasteiger partial charge in [0.15, 0.2) is 0 Å². The number of carbonyl (C=O) groups excluding carboxylic acids is 1. The summed E-state index contributed by atoms with van der Waals surface area (Å²) < 4.78 is 13.1. The van der Waals surface area contributed by atoms with Crippen molar-refractivity contribution in [2.45, 2.75) is 33.2 Å². The SMILES string of the molecule is CCOCCOc1ccccc1C(=O)N1CCC(n2nc(C)cc2C)C1. The van der Waals surface area contributed by atoms with Gasteiger partial charge in [0.1, 0.15) is 12.4 Å². The summed E-state index contributed by atoms with van der Waals surface area (Å²) in [4.78, 5) is 14.9. The molecule has 2 heterocycles. The van der Waals surface area contributed by atoms with E-state index < -0.39 is 0 Å². The third-order valence-corrected chi connectivity index (χ3v) is 4.65. The second kappa shape index (κ2) is 8.36. The van der Waals surface area contributed by atoms with Crippen LogP contribution in [0.3, 0.4) is 0 Å². The van der Waals surface area contributed by atoms with Crippen molar-refractivity contribution in [1.82, 2.24) is 14.7 Å². The van der Waals surface area contributed by atoms with Crippen LogP contribution in [0.25, 0.3) is 0 Å². The summed E-state index contributed by atoms with van der Waals surface area (Å²) in [7, 11) is 0. The highest BCUT2D eigenvalue weighted by molar-refractivity contribution is 5.97. The van der Waals surface area contributed by atoms with Crippen LogP contribution in [-0.2, 0) is 4.74 Å². The van der Waals surface area contributed by atoms with Gasteiger partial charge in [-0.25, -0.2) is 0 Å². The fraction of sp³-hybridized carbons (Fsp3) is 0.500. The predicted molar refractivity (Wildman–Crippen MR) is 99.7 cm³/mol. The number of likely N-dealkylation sites (tertiary alicyclic amines) is 1. The molecule has 3 rings (SSSR count). The number of aromatic nitrogens is 2. The van der Waals surface area contributed by atoms with E-state index in [1.54, 1.807) is 0 Å². The van der Waals surface area contributed by atoms with Crippen LogP contribution in [-0.4, -0.2) is 53.5 Å². The summed E-state index contributed by atoms with van der Waals surface area (Å²) in [5.74, 6) is 0.632. The zero-order valence-electron chi connectivity index (χ0n) is 15.8. The number of hydrogen-bond acceptors (Lipinski definition) is 4. The fourth-order valence-corrected chi connectivity index (χ4v) is 3.44. The molecule has 1 saturated heterocycles. The Hall–Kier alpha value is -2.34. The number of carbonyl (C=O) groups is 1. The first-order valence-corrected chi connectivity index (χ1v) is 9.21. The van der Waals surface area contributed by atoms with Gasteiger partial charge in [0, 0.05) is 25.4 Å². The molecule has 6 nitrogen and oxygen atoms in total. The molecule has 1 fully saturated rings. The zero-order chi connectivity index (χ0) is 18.5. The average Bonchev–Trinajstić information content (AvgIpc) is 3.24. The van der Waals surface area contributed by atoms with E-state index >= 15 is 0 Å². The van der Waals surface area contributed by atoms with Crippen molar-refractivity contribution in [2.24, 2.45) is 0 Å². The van der Waals surface area contributed by atoms with Crippen LogP contribution < -0.4 is 4.74 Å². The molecule has 0 radical (unpaired) electrons. The smallest absolute Gasteiger partial charge is 0.257 e. The van der Waals surface area contributed by atoms with Crippen LogP contribution in [0.5, 0.6) is 5.75 Å². The lowest BCUT2D eigenvalue weighted by Crippen LogP contribution is -2.30. The summed E-state index contributed by atoms with van der Waals surface area (Å²) in [5, 5.41) is 4.57. The molecule has 1 aliphatic rings. The molecule has 0 saturated carbocycles. The summed E-state index contributed by atoms with van der Waals surface area (Å²) >= 11 is 0. The Kier molecular flexibility index (Phi) is 5.93. The maximum absolute atomic E-state index is 13.0. The number of rotatable bonds is 7. The van der Waals surface area contributed by atoms with E-state index in [-0.39, 0.29) is 11.9 Å². The van der Waals surface area contributed by atoms with Gasteiger partial charge in [0.05, 0.1) is 23.9 Å². The first kappa shape index (κ1) is 18.5. The lowest BCUT2D eigenvalue weighted by Gasteiger charge is -2.19. The Balaban J connectivity index is 1.67. The molecular weight excluding hydrogens is 330 g/mol.